The molecule has 2 aromatic rings. The Morgan fingerprint density at radius 1 is 1.40 bits per heavy atom. The average Bonchev–Trinajstić information content (AvgIpc) is 3.20. The zero-order valence-electron chi connectivity index (χ0n) is 14.7. The minimum absolute atomic E-state index is 0.0459. The SMILES string of the molecule is Cc1nc(CO[C@H]2CO[C@@]3(CCCN(Cc4ccccn4)C3)C2)cs1. The van der Waals surface area contributed by atoms with Crippen molar-refractivity contribution < 1.29 is 9.47 Å². The van der Waals surface area contributed by atoms with Crippen LogP contribution in [0.15, 0.2) is 29.8 Å². The van der Waals surface area contributed by atoms with Crippen LogP contribution in [-0.4, -0.2) is 46.3 Å². The lowest BCUT2D eigenvalue weighted by Crippen LogP contribution is -2.47. The molecule has 0 bridgehead atoms. The third kappa shape index (κ3) is 4.26. The van der Waals surface area contributed by atoms with Crippen LogP contribution in [0.5, 0.6) is 0 Å². The molecule has 0 saturated carbocycles. The first-order valence-corrected chi connectivity index (χ1v) is 9.88. The summed E-state index contributed by atoms with van der Waals surface area (Å²) >= 11 is 1.67. The number of hydrogen-bond acceptors (Lipinski definition) is 6. The predicted molar refractivity (Wildman–Crippen MR) is 97.5 cm³/mol. The Hall–Kier alpha value is -1.34. The van der Waals surface area contributed by atoms with Gasteiger partial charge in [0.15, 0.2) is 0 Å². The number of rotatable bonds is 5. The first kappa shape index (κ1) is 17.1. The lowest BCUT2D eigenvalue weighted by Gasteiger charge is -2.39. The monoisotopic (exact) mass is 359 g/mol. The molecule has 25 heavy (non-hydrogen) atoms. The lowest BCUT2D eigenvalue weighted by molar-refractivity contribution is -0.0550. The molecule has 0 aromatic carbocycles. The molecule has 1 spiro atoms. The van der Waals surface area contributed by atoms with Crippen molar-refractivity contribution in [3.05, 3.63) is 46.2 Å². The standard InChI is InChI=1S/C19H25N3O2S/c1-15-21-17(13-25-15)11-23-18-9-19(24-12-18)6-4-8-22(14-19)10-16-5-2-3-7-20-16/h2-3,5,7,13,18H,4,6,8-12,14H2,1H3/t18-,19+/m1/s1. The number of pyridine rings is 1. The van der Waals surface area contributed by atoms with Crippen molar-refractivity contribution in [2.75, 3.05) is 19.7 Å². The quantitative estimate of drug-likeness (QED) is 0.820. The fourth-order valence-corrected chi connectivity index (χ4v) is 4.52. The lowest BCUT2D eigenvalue weighted by atomic mass is 9.89. The third-order valence-corrected chi connectivity index (χ3v) is 5.86. The van der Waals surface area contributed by atoms with Crippen LogP contribution in [0, 0.1) is 6.92 Å². The molecule has 0 N–H and O–H groups in total. The fourth-order valence-electron chi connectivity index (χ4n) is 3.92. The Bertz CT molecular complexity index is 693. The van der Waals surface area contributed by atoms with Crippen LogP contribution in [0.2, 0.25) is 0 Å². The Morgan fingerprint density at radius 3 is 3.16 bits per heavy atom. The van der Waals surface area contributed by atoms with Crippen molar-refractivity contribution >= 4 is 11.3 Å². The van der Waals surface area contributed by atoms with Gasteiger partial charge in [-0.1, -0.05) is 6.07 Å². The van der Waals surface area contributed by atoms with Crippen molar-refractivity contribution in [1.29, 1.82) is 0 Å². The number of thiazole rings is 1. The molecule has 2 fully saturated rings. The first-order chi connectivity index (χ1) is 12.2. The molecule has 2 saturated heterocycles. The molecular formula is C19H25N3O2S. The maximum Gasteiger partial charge on any atom is 0.0901 e. The summed E-state index contributed by atoms with van der Waals surface area (Å²) in [6, 6.07) is 6.11. The minimum atomic E-state index is -0.0459. The van der Waals surface area contributed by atoms with E-state index in [1.54, 1.807) is 11.3 Å². The molecule has 0 radical (unpaired) electrons. The molecule has 2 aliphatic rings. The van der Waals surface area contributed by atoms with Crippen LogP contribution in [0.1, 0.15) is 35.7 Å². The molecule has 0 amide bonds. The van der Waals surface area contributed by atoms with Gasteiger partial charge in [0.2, 0.25) is 0 Å². The molecule has 4 rings (SSSR count). The molecule has 2 atom stereocenters. The number of aromatic nitrogens is 2. The van der Waals surface area contributed by atoms with E-state index in [-0.39, 0.29) is 11.7 Å². The summed E-state index contributed by atoms with van der Waals surface area (Å²) in [5.74, 6) is 0. The fraction of sp³-hybridized carbons (Fsp3) is 0.579. The summed E-state index contributed by atoms with van der Waals surface area (Å²) in [4.78, 5) is 11.4. The van der Waals surface area contributed by atoms with Gasteiger partial charge >= 0.3 is 0 Å². The molecule has 2 aliphatic heterocycles. The Balaban J connectivity index is 1.31. The number of piperidine rings is 1. The highest BCUT2D eigenvalue weighted by atomic mass is 32.1. The van der Waals surface area contributed by atoms with E-state index < -0.39 is 0 Å². The van der Waals surface area contributed by atoms with E-state index in [9.17, 15) is 0 Å². The van der Waals surface area contributed by atoms with Gasteiger partial charge in [-0.05, 0) is 38.4 Å². The number of likely N-dealkylation sites (tertiary alicyclic amines) is 1. The van der Waals surface area contributed by atoms with Crippen LogP contribution >= 0.6 is 11.3 Å². The molecule has 2 aromatic heterocycles. The normalized spacial score (nSPS) is 27.2. The van der Waals surface area contributed by atoms with Crippen LogP contribution in [0.4, 0.5) is 0 Å². The maximum atomic E-state index is 6.25. The first-order valence-electron chi connectivity index (χ1n) is 9.00. The Morgan fingerprint density at radius 2 is 2.36 bits per heavy atom. The van der Waals surface area contributed by atoms with Gasteiger partial charge in [0, 0.05) is 31.1 Å². The largest absolute Gasteiger partial charge is 0.371 e. The smallest absolute Gasteiger partial charge is 0.0901 e. The van der Waals surface area contributed by atoms with E-state index in [1.807, 2.05) is 19.2 Å². The molecule has 6 heteroatoms. The van der Waals surface area contributed by atoms with Gasteiger partial charge in [0.1, 0.15) is 0 Å². The summed E-state index contributed by atoms with van der Waals surface area (Å²) in [6.45, 7) is 6.30. The van der Waals surface area contributed by atoms with E-state index in [0.717, 1.165) is 48.9 Å². The highest BCUT2D eigenvalue weighted by Gasteiger charge is 2.43. The van der Waals surface area contributed by atoms with Crippen LogP contribution in [0.25, 0.3) is 0 Å². The van der Waals surface area contributed by atoms with Gasteiger partial charge in [-0.15, -0.1) is 11.3 Å². The van der Waals surface area contributed by atoms with E-state index >= 15 is 0 Å². The molecule has 134 valence electrons. The predicted octanol–water partition coefficient (Wildman–Crippen LogP) is 3.19. The van der Waals surface area contributed by atoms with Crippen molar-refractivity contribution in [1.82, 2.24) is 14.9 Å². The molecule has 4 heterocycles. The summed E-state index contributed by atoms with van der Waals surface area (Å²) in [5.41, 5.74) is 2.11. The van der Waals surface area contributed by atoms with Gasteiger partial charge in [-0.2, -0.15) is 0 Å². The van der Waals surface area contributed by atoms with E-state index in [0.29, 0.717) is 13.2 Å². The summed E-state index contributed by atoms with van der Waals surface area (Å²) in [7, 11) is 0. The van der Waals surface area contributed by atoms with Gasteiger partial charge in [-0.3, -0.25) is 9.88 Å². The topological polar surface area (TPSA) is 47.5 Å². The molecule has 0 aliphatic carbocycles. The second-order valence-electron chi connectivity index (χ2n) is 7.12. The highest BCUT2D eigenvalue weighted by Crippen LogP contribution is 2.36. The molecule has 5 nitrogen and oxygen atoms in total. The molecular weight excluding hydrogens is 334 g/mol. The van der Waals surface area contributed by atoms with Gasteiger partial charge in [-0.25, -0.2) is 4.98 Å². The second kappa shape index (κ2) is 7.50. The van der Waals surface area contributed by atoms with Crippen LogP contribution < -0.4 is 0 Å². The van der Waals surface area contributed by atoms with E-state index in [1.165, 1.54) is 6.42 Å². The number of hydrogen-bond donors (Lipinski definition) is 0. The van der Waals surface area contributed by atoms with Gasteiger partial charge < -0.3 is 9.47 Å². The van der Waals surface area contributed by atoms with Gasteiger partial charge in [0.25, 0.3) is 0 Å². The Kier molecular flexibility index (Phi) is 5.12. The number of nitrogens with zero attached hydrogens (tertiary/aromatic N) is 3. The summed E-state index contributed by atoms with van der Waals surface area (Å²) in [6.07, 6.45) is 5.32. The van der Waals surface area contributed by atoms with Crippen molar-refractivity contribution in [3.63, 3.8) is 0 Å². The zero-order valence-corrected chi connectivity index (χ0v) is 15.5. The van der Waals surface area contributed by atoms with Crippen molar-refractivity contribution in [3.8, 4) is 0 Å². The number of aryl methyl sites for hydroxylation is 1. The van der Waals surface area contributed by atoms with Crippen LogP contribution in [-0.2, 0) is 22.6 Å². The average molecular weight is 359 g/mol. The molecule has 0 unspecified atom stereocenters. The summed E-state index contributed by atoms with van der Waals surface area (Å²) in [5, 5.41) is 3.17. The number of ether oxygens (including phenoxy) is 2. The van der Waals surface area contributed by atoms with Gasteiger partial charge in [0.05, 0.1) is 41.3 Å². The van der Waals surface area contributed by atoms with Crippen molar-refractivity contribution in [2.45, 2.75) is 51.0 Å². The maximum absolute atomic E-state index is 6.25. The zero-order chi connectivity index (χ0) is 17.1. The Labute approximate surface area is 153 Å². The van der Waals surface area contributed by atoms with E-state index in [2.05, 4.69) is 32.4 Å². The van der Waals surface area contributed by atoms with E-state index in [4.69, 9.17) is 9.47 Å². The second-order valence-corrected chi connectivity index (χ2v) is 8.19. The minimum Gasteiger partial charge on any atom is -0.371 e. The van der Waals surface area contributed by atoms with Crippen molar-refractivity contribution in [2.24, 2.45) is 0 Å². The summed E-state index contributed by atoms with van der Waals surface area (Å²) < 4.78 is 12.3. The highest BCUT2D eigenvalue weighted by molar-refractivity contribution is 7.09. The third-order valence-electron chi connectivity index (χ3n) is 5.04. The van der Waals surface area contributed by atoms with Crippen LogP contribution in [0.3, 0.4) is 0 Å².